The molecule has 150 valence electrons. The van der Waals surface area contributed by atoms with E-state index in [1.165, 1.54) is 6.92 Å². The number of carbonyl (C=O) groups excluding carboxylic acids is 3. The Morgan fingerprint density at radius 2 is 1.70 bits per heavy atom. The van der Waals surface area contributed by atoms with Crippen LogP contribution in [-0.4, -0.2) is 42.1 Å². The van der Waals surface area contributed by atoms with Crippen LogP contribution in [0.5, 0.6) is 0 Å². The van der Waals surface area contributed by atoms with Crippen molar-refractivity contribution >= 4 is 17.6 Å². The summed E-state index contributed by atoms with van der Waals surface area (Å²) in [4.78, 5) is 35.6. The van der Waals surface area contributed by atoms with E-state index in [9.17, 15) is 23.2 Å². The number of hydrogen-bond donors (Lipinski definition) is 3. The Morgan fingerprint density at radius 1 is 1.11 bits per heavy atom. The van der Waals surface area contributed by atoms with Crippen LogP contribution < -0.4 is 16.4 Å². The van der Waals surface area contributed by atoms with Gasteiger partial charge in [-0.25, -0.2) is 0 Å². The van der Waals surface area contributed by atoms with Gasteiger partial charge in [0, 0.05) is 0 Å². The third-order valence-corrected chi connectivity index (χ3v) is 3.89. The van der Waals surface area contributed by atoms with E-state index in [1.807, 2.05) is 11.4 Å². The van der Waals surface area contributed by atoms with Crippen molar-refractivity contribution in [2.24, 2.45) is 11.7 Å². The van der Waals surface area contributed by atoms with Crippen LogP contribution in [0.1, 0.15) is 32.8 Å². The van der Waals surface area contributed by atoms with Crippen molar-refractivity contribution in [3.8, 4) is 0 Å². The third-order valence-electron chi connectivity index (χ3n) is 3.89. The van der Waals surface area contributed by atoms with Crippen LogP contribution in [-0.2, 0) is 20.8 Å². The molecule has 0 saturated heterocycles. The van der Waals surface area contributed by atoms with Crippen LogP contribution in [0.4, 0.5) is 8.78 Å². The van der Waals surface area contributed by atoms with Gasteiger partial charge in [-0.1, -0.05) is 44.2 Å². The van der Waals surface area contributed by atoms with E-state index >= 15 is 0 Å². The van der Waals surface area contributed by atoms with E-state index in [1.54, 1.807) is 38.1 Å². The Labute approximate surface area is 157 Å². The van der Waals surface area contributed by atoms with Gasteiger partial charge >= 0.3 is 5.92 Å². The predicted octanol–water partition coefficient (Wildman–Crippen LogP) is 1.43. The summed E-state index contributed by atoms with van der Waals surface area (Å²) in [5.74, 6) is -6.39. The van der Waals surface area contributed by atoms with E-state index in [2.05, 4.69) is 5.32 Å². The van der Waals surface area contributed by atoms with Crippen molar-refractivity contribution in [2.45, 2.75) is 51.6 Å². The average molecular weight is 383 g/mol. The van der Waals surface area contributed by atoms with Gasteiger partial charge in [0.25, 0.3) is 0 Å². The second kappa shape index (κ2) is 10.1. The number of Topliss-reactive ketones (excluding diaryl/α,β-unsaturated/α-hetero) is 1. The van der Waals surface area contributed by atoms with Crippen LogP contribution in [0, 0.1) is 5.92 Å². The second-order valence-electron chi connectivity index (χ2n) is 6.97. The number of halogens is 2. The summed E-state index contributed by atoms with van der Waals surface area (Å²) >= 11 is 0. The lowest BCUT2D eigenvalue weighted by Crippen LogP contribution is -2.53. The largest absolute Gasteiger partial charge is 0.348 e. The van der Waals surface area contributed by atoms with Gasteiger partial charge in [-0.2, -0.15) is 8.78 Å². The standard InChI is InChI=1S/C19H27F2N3O3/c1-12(2)9-15(22)17(26)19(20,21)11-23-18(27)13(3)24-16(25)10-14-7-5-4-6-8-14/h4-8,12-13,15H,9-11,22H2,1-3H3,(H,23,27)(H,24,25)/t13-,15?/m1/s1. The van der Waals surface area contributed by atoms with Gasteiger partial charge in [0.2, 0.25) is 17.6 Å². The molecule has 0 spiro atoms. The Morgan fingerprint density at radius 3 is 2.26 bits per heavy atom. The molecule has 27 heavy (non-hydrogen) atoms. The summed E-state index contributed by atoms with van der Waals surface area (Å²) in [6, 6.07) is 6.58. The zero-order chi connectivity index (χ0) is 20.6. The van der Waals surface area contributed by atoms with E-state index in [0.717, 1.165) is 5.56 Å². The number of hydrogen-bond acceptors (Lipinski definition) is 4. The van der Waals surface area contributed by atoms with Gasteiger partial charge in [0.15, 0.2) is 0 Å². The zero-order valence-electron chi connectivity index (χ0n) is 15.8. The van der Waals surface area contributed by atoms with Gasteiger partial charge in [0.05, 0.1) is 19.0 Å². The van der Waals surface area contributed by atoms with Gasteiger partial charge in [0.1, 0.15) is 6.04 Å². The minimum atomic E-state index is -3.77. The van der Waals surface area contributed by atoms with Crippen LogP contribution >= 0.6 is 0 Å². The van der Waals surface area contributed by atoms with Gasteiger partial charge < -0.3 is 16.4 Å². The smallest absolute Gasteiger partial charge is 0.323 e. The Balaban J connectivity index is 2.49. The van der Waals surface area contributed by atoms with Crippen LogP contribution in [0.25, 0.3) is 0 Å². The highest BCUT2D eigenvalue weighted by molar-refractivity contribution is 5.92. The van der Waals surface area contributed by atoms with E-state index in [0.29, 0.717) is 0 Å². The van der Waals surface area contributed by atoms with Crippen molar-refractivity contribution in [1.29, 1.82) is 0 Å². The number of ketones is 1. The lowest BCUT2D eigenvalue weighted by Gasteiger charge is -2.22. The summed E-state index contributed by atoms with van der Waals surface area (Å²) in [7, 11) is 0. The van der Waals surface area contributed by atoms with Gasteiger partial charge in [-0.05, 0) is 24.8 Å². The van der Waals surface area contributed by atoms with Crippen LogP contribution in [0.3, 0.4) is 0 Å². The van der Waals surface area contributed by atoms with Crippen molar-refractivity contribution < 1.29 is 23.2 Å². The molecule has 1 unspecified atom stereocenters. The number of nitrogens with two attached hydrogens (primary N) is 1. The molecule has 1 rings (SSSR count). The van der Waals surface area contributed by atoms with Crippen LogP contribution in [0.2, 0.25) is 0 Å². The highest BCUT2D eigenvalue weighted by Gasteiger charge is 2.42. The molecule has 2 atom stereocenters. The Hall–Kier alpha value is -2.35. The highest BCUT2D eigenvalue weighted by atomic mass is 19.3. The molecule has 2 amide bonds. The van der Waals surface area contributed by atoms with E-state index in [4.69, 9.17) is 5.73 Å². The molecule has 1 aromatic carbocycles. The molecule has 8 heteroatoms. The minimum absolute atomic E-state index is 0.00538. The summed E-state index contributed by atoms with van der Waals surface area (Å²) in [5, 5.41) is 4.44. The van der Waals surface area contributed by atoms with Crippen LogP contribution in [0.15, 0.2) is 30.3 Å². The first-order chi connectivity index (χ1) is 12.5. The minimum Gasteiger partial charge on any atom is -0.348 e. The fraction of sp³-hybridized carbons (Fsp3) is 0.526. The summed E-state index contributed by atoms with van der Waals surface area (Å²) in [5.41, 5.74) is 6.27. The molecule has 0 radical (unpaired) electrons. The molecule has 0 bridgehead atoms. The molecule has 0 heterocycles. The highest BCUT2D eigenvalue weighted by Crippen LogP contribution is 2.18. The molecule has 1 aromatic rings. The van der Waals surface area contributed by atoms with Gasteiger partial charge in [-0.3, -0.25) is 14.4 Å². The first-order valence-corrected chi connectivity index (χ1v) is 8.81. The first kappa shape index (κ1) is 22.7. The monoisotopic (exact) mass is 383 g/mol. The number of carbonyl (C=O) groups is 3. The molecule has 0 aliphatic heterocycles. The average Bonchev–Trinajstić information content (AvgIpc) is 2.59. The summed E-state index contributed by atoms with van der Waals surface area (Å²) < 4.78 is 27.9. The number of benzene rings is 1. The molecule has 4 N–H and O–H groups in total. The third kappa shape index (κ3) is 7.82. The molecule has 0 aliphatic carbocycles. The number of alkyl halides is 2. The topological polar surface area (TPSA) is 101 Å². The molecule has 6 nitrogen and oxygen atoms in total. The lowest BCUT2D eigenvalue weighted by atomic mass is 9.97. The molecule has 0 aromatic heterocycles. The Bertz CT molecular complexity index is 651. The SMILES string of the molecule is CC(C)CC(N)C(=O)C(F)(F)CNC(=O)[C@@H](C)NC(=O)Cc1ccccc1. The first-order valence-electron chi connectivity index (χ1n) is 8.81. The Kier molecular flexibility index (Phi) is 8.49. The van der Waals surface area contributed by atoms with E-state index in [-0.39, 0.29) is 18.8 Å². The van der Waals surface area contributed by atoms with Crippen molar-refractivity contribution in [1.82, 2.24) is 10.6 Å². The number of nitrogens with one attached hydrogen (secondary N) is 2. The van der Waals surface area contributed by atoms with Crippen molar-refractivity contribution in [3.63, 3.8) is 0 Å². The normalized spacial score (nSPS) is 13.7. The summed E-state index contributed by atoms with van der Waals surface area (Å²) in [6.07, 6.45) is 0.200. The second-order valence-corrected chi connectivity index (χ2v) is 6.97. The molecule has 0 fully saturated rings. The zero-order valence-corrected chi connectivity index (χ0v) is 15.8. The fourth-order valence-corrected chi connectivity index (χ4v) is 2.46. The molecule has 0 saturated carbocycles. The maximum Gasteiger partial charge on any atom is 0.323 e. The van der Waals surface area contributed by atoms with Crippen molar-refractivity contribution in [2.75, 3.05) is 6.54 Å². The van der Waals surface area contributed by atoms with Crippen molar-refractivity contribution in [3.05, 3.63) is 35.9 Å². The quantitative estimate of drug-likeness (QED) is 0.569. The number of rotatable bonds is 10. The lowest BCUT2D eigenvalue weighted by molar-refractivity contribution is -0.145. The predicted molar refractivity (Wildman–Crippen MR) is 98.1 cm³/mol. The van der Waals surface area contributed by atoms with E-state index < -0.39 is 42.1 Å². The summed E-state index contributed by atoms with van der Waals surface area (Å²) in [6.45, 7) is 3.76. The maximum absolute atomic E-state index is 14.0. The molecular formula is C19H27F2N3O3. The fourth-order valence-electron chi connectivity index (χ4n) is 2.46. The maximum atomic E-state index is 14.0. The molecular weight excluding hydrogens is 356 g/mol. The van der Waals surface area contributed by atoms with Gasteiger partial charge in [-0.15, -0.1) is 0 Å². The number of amides is 2. The molecule has 0 aliphatic rings.